The van der Waals surface area contributed by atoms with Gasteiger partial charge in [0.1, 0.15) is 0 Å². The smallest absolute Gasteiger partial charge is 0.472 e. The molecule has 0 N–H and O–H groups in total. The first-order chi connectivity index (χ1) is 6.23. The minimum Gasteiger partial charge on any atom is -0.472 e. The van der Waals surface area contributed by atoms with Crippen molar-refractivity contribution in [3.8, 4) is 0 Å². The number of hydrogen-bond donors (Lipinski definition) is 0. The normalized spacial score (nSPS) is 15.6. The van der Waals surface area contributed by atoms with Crippen molar-refractivity contribution in [1.82, 2.24) is 0 Å². The molecule has 1 nitrogen and oxygen atoms in total. The summed E-state index contributed by atoms with van der Waals surface area (Å²) in [6.45, 7) is -6.05. The Kier molecular flexibility index (Phi) is 2.55. The van der Waals surface area contributed by atoms with E-state index in [9.17, 15) is 26.1 Å². The molecule has 80 valence electrons. The van der Waals surface area contributed by atoms with Crippen molar-refractivity contribution in [3.05, 3.63) is 24.2 Å². The van der Waals surface area contributed by atoms with Gasteiger partial charge in [-0.15, -0.1) is 0 Å². The molecule has 0 saturated carbocycles. The van der Waals surface area contributed by atoms with Crippen LogP contribution in [0.3, 0.4) is 0 Å². The van der Waals surface area contributed by atoms with E-state index in [2.05, 4.69) is 4.42 Å². The van der Waals surface area contributed by atoms with E-state index < -0.39 is 24.7 Å². The van der Waals surface area contributed by atoms with E-state index in [-0.39, 0.29) is 0 Å². The zero-order valence-electron chi connectivity index (χ0n) is 6.56. The Labute approximate surface area is 74.8 Å². The van der Waals surface area contributed by atoms with Gasteiger partial charge < -0.3 is 17.4 Å². The highest BCUT2D eigenvalue weighted by Crippen LogP contribution is 2.43. The van der Waals surface area contributed by atoms with Crippen LogP contribution in [0.25, 0.3) is 0 Å². The van der Waals surface area contributed by atoms with Crippen molar-refractivity contribution in [2.75, 3.05) is 0 Å². The molecule has 14 heavy (non-hydrogen) atoms. The van der Waals surface area contributed by atoms with Gasteiger partial charge in [-0.05, 0) is 12.1 Å². The van der Waals surface area contributed by atoms with Crippen LogP contribution in [-0.2, 0) is 0 Å². The van der Waals surface area contributed by atoms with Crippen molar-refractivity contribution in [3.63, 3.8) is 0 Å². The third-order valence-electron chi connectivity index (χ3n) is 1.58. The Morgan fingerprint density at radius 1 is 1.21 bits per heavy atom. The quantitative estimate of drug-likeness (QED) is 0.546. The summed E-state index contributed by atoms with van der Waals surface area (Å²) in [5.74, 6) is -4.61. The molecule has 0 aliphatic rings. The largest absolute Gasteiger partial charge is 0.497 e. The highest BCUT2D eigenvalue weighted by Gasteiger charge is 2.54. The maximum atomic E-state index is 12.1. The summed E-state index contributed by atoms with van der Waals surface area (Å²) in [7, 11) is 0. The Hall–Kier alpha value is -1.08. The second kappa shape index (κ2) is 3.25. The first-order valence-electron chi connectivity index (χ1n) is 3.53. The Bertz CT molecular complexity index is 272. The lowest BCUT2D eigenvalue weighted by molar-refractivity contribution is -0.142. The summed E-state index contributed by atoms with van der Waals surface area (Å²) < 4.78 is 76.4. The van der Waals surface area contributed by atoms with Crippen LogP contribution in [0.15, 0.2) is 22.8 Å². The van der Waals surface area contributed by atoms with Crippen molar-refractivity contribution in [1.29, 1.82) is 0 Å². The predicted octanol–water partition coefficient (Wildman–Crippen LogP) is 3.31. The van der Waals surface area contributed by atoms with Crippen molar-refractivity contribution in [2.45, 2.75) is 12.0 Å². The fourth-order valence-electron chi connectivity index (χ4n) is 1.03. The second-order valence-electron chi connectivity index (χ2n) is 2.66. The van der Waals surface area contributed by atoms with E-state index in [1.54, 1.807) is 0 Å². The average molecular weight is 217 g/mol. The van der Waals surface area contributed by atoms with Gasteiger partial charge in [-0.1, -0.05) is 0 Å². The molecule has 1 heterocycles. The molecule has 0 radical (unpaired) electrons. The van der Waals surface area contributed by atoms with Crippen molar-refractivity contribution < 1.29 is 30.5 Å². The number of rotatable bonds is 2. The monoisotopic (exact) mass is 217 g/mol. The summed E-state index contributed by atoms with van der Waals surface area (Å²) in [6.07, 6.45) is -4.59. The number of halogens is 6. The predicted molar refractivity (Wildman–Crippen MR) is 36.6 cm³/mol. The van der Waals surface area contributed by atoms with Crippen LogP contribution in [0.1, 0.15) is 11.6 Å². The molecule has 1 atom stereocenters. The minimum atomic E-state index is -6.05. The lowest BCUT2D eigenvalue weighted by Gasteiger charge is -2.26. The third kappa shape index (κ3) is 2.24. The maximum absolute atomic E-state index is 12.1. The minimum absolute atomic E-state index is 0.660. The van der Waals surface area contributed by atoms with Crippen LogP contribution in [0.5, 0.6) is 0 Å². The molecular formula is C6H4BF6O-. The molecule has 8 heteroatoms. The van der Waals surface area contributed by atoms with E-state index in [1.807, 2.05) is 0 Å². The lowest BCUT2D eigenvalue weighted by atomic mass is 9.70. The maximum Gasteiger partial charge on any atom is 0.497 e. The zero-order valence-corrected chi connectivity index (χ0v) is 6.56. The molecule has 1 aromatic rings. The number of furan rings is 1. The molecule has 0 aliphatic heterocycles. The highest BCUT2D eigenvalue weighted by atomic mass is 19.4. The second-order valence-corrected chi connectivity index (χ2v) is 2.66. The summed E-state index contributed by atoms with van der Waals surface area (Å²) in [5.41, 5.74) is 0. The van der Waals surface area contributed by atoms with Crippen LogP contribution < -0.4 is 0 Å². The molecule has 0 amide bonds. The molecule has 1 unspecified atom stereocenters. The third-order valence-corrected chi connectivity index (χ3v) is 1.58. The van der Waals surface area contributed by atoms with Crippen molar-refractivity contribution >= 4 is 6.98 Å². The number of hydrogen-bond acceptors (Lipinski definition) is 1. The summed E-state index contributed by atoms with van der Waals surface area (Å²) >= 11 is 0. The van der Waals surface area contributed by atoms with Gasteiger partial charge in [-0.2, -0.15) is 13.2 Å². The lowest BCUT2D eigenvalue weighted by Crippen LogP contribution is -2.38. The van der Waals surface area contributed by atoms with Crippen molar-refractivity contribution in [2.24, 2.45) is 0 Å². The summed E-state index contributed by atoms with van der Waals surface area (Å²) in [4.78, 5) is 0. The first kappa shape index (κ1) is 11.0. The highest BCUT2D eigenvalue weighted by molar-refractivity contribution is 6.60. The molecule has 0 aromatic carbocycles. The molecule has 0 spiro atoms. The van der Waals surface area contributed by atoms with Gasteiger partial charge in [0.15, 0.2) is 0 Å². The summed E-state index contributed by atoms with van der Waals surface area (Å²) in [5, 5.41) is 0. The van der Waals surface area contributed by atoms with Gasteiger partial charge in [0.25, 0.3) is 0 Å². The molecule has 1 aromatic heterocycles. The fourth-order valence-corrected chi connectivity index (χ4v) is 1.03. The standard InChI is InChI=1S/C6H4BF6O/c8-6(9,10)5(7(11,12)13)4-2-1-3-14-4/h1-3,5H/q-1. The van der Waals surface area contributed by atoms with Gasteiger partial charge in [0.05, 0.1) is 17.8 Å². The Balaban J connectivity index is 3.08. The van der Waals surface area contributed by atoms with Gasteiger partial charge in [0, 0.05) is 0 Å². The topological polar surface area (TPSA) is 13.1 Å². The summed E-state index contributed by atoms with van der Waals surface area (Å²) in [6, 6.07) is 1.64. The van der Waals surface area contributed by atoms with Crippen LogP contribution in [0, 0.1) is 0 Å². The van der Waals surface area contributed by atoms with E-state index in [1.165, 1.54) is 0 Å². The van der Waals surface area contributed by atoms with E-state index in [0.717, 1.165) is 12.3 Å². The zero-order chi connectivity index (χ0) is 11.0. The van der Waals surface area contributed by atoms with Crippen LogP contribution in [0.2, 0.25) is 0 Å². The molecule has 0 saturated heterocycles. The van der Waals surface area contributed by atoms with Crippen LogP contribution in [-0.4, -0.2) is 13.2 Å². The van der Waals surface area contributed by atoms with Crippen LogP contribution >= 0.6 is 0 Å². The molecule has 0 bridgehead atoms. The van der Waals surface area contributed by atoms with Gasteiger partial charge >= 0.3 is 13.2 Å². The molecule has 1 rings (SSSR count). The van der Waals surface area contributed by atoms with Gasteiger partial charge in [0.2, 0.25) is 0 Å². The molecular weight excluding hydrogens is 213 g/mol. The van der Waals surface area contributed by atoms with Gasteiger partial charge in [-0.3, -0.25) is 0 Å². The fraction of sp³-hybridized carbons (Fsp3) is 0.333. The van der Waals surface area contributed by atoms with Gasteiger partial charge in [-0.25, -0.2) is 0 Å². The SMILES string of the molecule is F[B-](F)(F)C(c1ccco1)C(F)(F)F. The number of alkyl halides is 3. The molecule has 0 fully saturated rings. The Morgan fingerprint density at radius 3 is 2.07 bits per heavy atom. The van der Waals surface area contributed by atoms with E-state index in [0.29, 0.717) is 6.07 Å². The Morgan fingerprint density at radius 2 is 1.79 bits per heavy atom. The average Bonchev–Trinajstić information content (AvgIpc) is 2.31. The molecule has 0 aliphatic carbocycles. The van der Waals surface area contributed by atoms with E-state index in [4.69, 9.17) is 0 Å². The first-order valence-corrected chi connectivity index (χ1v) is 3.53. The van der Waals surface area contributed by atoms with Crippen LogP contribution in [0.4, 0.5) is 26.1 Å². The van der Waals surface area contributed by atoms with E-state index >= 15 is 0 Å².